The van der Waals surface area contributed by atoms with Crippen LogP contribution in [0.2, 0.25) is 10.0 Å². The molecular weight excluding hydrogens is 283 g/mol. The fraction of sp³-hybridized carbons (Fsp3) is 0.133. The molecule has 19 heavy (non-hydrogen) atoms. The lowest BCUT2D eigenvalue weighted by Gasteiger charge is -2.11. The van der Waals surface area contributed by atoms with Crippen molar-refractivity contribution in [2.45, 2.75) is 13.3 Å². The van der Waals surface area contributed by atoms with Gasteiger partial charge in [0, 0.05) is 6.42 Å². The maximum absolute atomic E-state index is 11.8. The number of ketones is 1. The van der Waals surface area contributed by atoms with E-state index < -0.39 is 0 Å². The first-order valence-corrected chi connectivity index (χ1v) is 6.63. The van der Waals surface area contributed by atoms with Gasteiger partial charge in [-0.05, 0) is 24.3 Å². The summed E-state index contributed by atoms with van der Waals surface area (Å²) in [5.74, 6) is 0.942. The van der Waals surface area contributed by atoms with Gasteiger partial charge < -0.3 is 4.74 Å². The van der Waals surface area contributed by atoms with Gasteiger partial charge in [-0.1, -0.05) is 48.3 Å². The molecule has 0 heterocycles. The van der Waals surface area contributed by atoms with Gasteiger partial charge in [-0.3, -0.25) is 4.79 Å². The van der Waals surface area contributed by atoms with Crippen LogP contribution in [0.15, 0.2) is 42.5 Å². The van der Waals surface area contributed by atoms with E-state index in [2.05, 4.69) is 0 Å². The molecule has 0 bridgehead atoms. The minimum atomic E-state index is 0.0220. The maximum atomic E-state index is 11.8. The van der Waals surface area contributed by atoms with Crippen molar-refractivity contribution in [2.75, 3.05) is 0 Å². The second-order valence-electron chi connectivity index (χ2n) is 3.93. The van der Waals surface area contributed by atoms with Crippen LogP contribution in [0.4, 0.5) is 0 Å². The second kappa shape index (κ2) is 6.09. The third-order valence-corrected chi connectivity index (χ3v) is 3.45. The molecule has 0 aliphatic heterocycles. The molecule has 0 unspecified atom stereocenters. The monoisotopic (exact) mass is 294 g/mol. The molecule has 2 aromatic rings. The summed E-state index contributed by atoms with van der Waals surface area (Å²) < 4.78 is 5.71. The normalized spacial score (nSPS) is 10.3. The minimum absolute atomic E-state index is 0.0220. The summed E-state index contributed by atoms with van der Waals surface area (Å²) in [6, 6.07) is 12.2. The van der Waals surface area contributed by atoms with E-state index in [1.807, 2.05) is 6.92 Å². The lowest BCUT2D eigenvalue weighted by molar-refractivity contribution is 0.0986. The molecule has 0 saturated carbocycles. The van der Waals surface area contributed by atoms with E-state index in [1.54, 1.807) is 42.5 Å². The first-order valence-electron chi connectivity index (χ1n) is 5.87. The molecule has 98 valence electrons. The van der Waals surface area contributed by atoms with E-state index in [0.717, 1.165) is 0 Å². The minimum Gasteiger partial charge on any atom is -0.455 e. The van der Waals surface area contributed by atoms with Crippen LogP contribution in [0.5, 0.6) is 11.5 Å². The zero-order valence-corrected chi connectivity index (χ0v) is 11.8. The van der Waals surface area contributed by atoms with Crippen molar-refractivity contribution in [1.29, 1.82) is 0 Å². The number of benzene rings is 2. The molecule has 2 nitrogen and oxygen atoms in total. The van der Waals surface area contributed by atoms with Crippen LogP contribution in [-0.2, 0) is 0 Å². The van der Waals surface area contributed by atoms with E-state index >= 15 is 0 Å². The lowest BCUT2D eigenvalue weighted by Crippen LogP contribution is -2.00. The molecular formula is C15H12Cl2O2. The third kappa shape index (κ3) is 3.09. The van der Waals surface area contributed by atoms with Crippen molar-refractivity contribution in [3.8, 4) is 11.5 Å². The Labute approximate surface area is 121 Å². The summed E-state index contributed by atoms with van der Waals surface area (Å²) >= 11 is 12.0. The van der Waals surface area contributed by atoms with Crippen molar-refractivity contribution in [2.24, 2.45) is 0 Å². The summed E-state index contributed by atoms with van der Waals surface area (Å²) in [5.41, 5.74) is 0.543. The average molecular weight is 295 g/mol. The molecule has 0 fully saturated rings. The van der Waals surface area contributed by atoms with Gasteiger partial charge in [0.2, 0.25) is 0 Å². The lowest BCUT2D eigenvalue weighted by atomic mass is 10.1. The molecule has 0 aliphatic rings. The zero-order chi connectivity index (χ0) is 13.8. The Morgan fingerprint density at radius 2 is 1.74 bits per heavy atom. The predicted molar refractivity (Wildman–Crippen MR) is 77.6 cm³/mol. The summed E-state index contributed by atoms with van der Waals surface area (Å²) in [6.07, 6.45) is 0.420. The Morgan fingerprint density at radius 3 is 2.47 bits per heavy atom. The molecule has 4 heteroatoms. The molecule has 0 aliphatic carbocycles. The topological polar surface area (TPSA) is 26.3 Å². The van der Waals surface area contributed by atoms with Gasteiger partial charge in [-0.2, -0.15) is 0 Å². The van der Waals surface area contributed by atoms with Gasteiger partial charge in [0.1, 0.15) is 16.5 Å². The molecule has 2 rings (SSSR count). The summed E-state index contributed by atoms with van der Waals surface area (Å²) in [7, 11) is 0. The molecule has 0 amide bonds. The van der Waals surface area contributed by atoms with E-state index in [0.29, 0.717) is 33.5 Å². The van der Waals surface area contributed by atoms with Crippen molar-refractivity contribution in [1.82, 2.24) is 0 Å². The van der Waals surface area contributed by atoms with Crippen LogP contribution in [0.1, 0.15) is 23.7 Å². The molecule has 0 saturated heterocycles. The largest absolute Gasteiger partial charge is 0.455 e. The number of rotatable bonds is 4. The number of carbonyl (C=O) groups is 1. The highest BCUT2D eigenvalue weighted by Gasteiger charge is 2.13. The van der Waals surface area contributed by atoms with Crippen LogP contribution in [0.3, 0.4) is 0 Å². The van der Waals surface area contributed by atoms with Crippen molar-refractivity contribution in [3.63, 3.8) is 0 Å². The quantitative estimate of drug-likeness (QED) is 0.708. The van der Waals surface area contributed by atoms with E-state index in [9.17, 15) is 4.79 Å². The number of para-hydroxylation sites is 1. The van der Waals surface area contributed by atoms with Gasteiger partial charge in [-0.15, -0.1) is 0 Å². The maximum Gasteiger partial charge on any atom is 0.166 e. The standard InChI is InChI=1S/C15H12Cl2O2/c1-2-12(18)10-6-3-4-8-13(10)19-14-9-5-7-11(16)15(14)17/h3-9H,2H2,1H3. The molecule has 0 aromatic heterocycles. The Balaban J connectivity index is 2.39. The van der Waals surface area contributed by atoms with Gasteiger partial charge in [0.15, 0.2) is 5.78 Å². The van der Waals surface area contributed by atoms with E-state index in [-0.39, 0.29) is 5.78 Å². The fourth-order valence-corrected chi connectivity index (χ4v) is 1.99. The number of ether oxygens (including phenoxy) is 1. The van der Waals surface area contributed by atoms with Crippen LogP contribution < -0.4 is 4.74 Å². The number of halogens is 2. The van der Waals surface area contributed by atoms with Crippen LogP contribution in [0, 0.1) is 0 Å². The first kappa shape index (κ1) is 13.9. The number of Topliss-reactive ketones (excluding diaryl/α,β-unsaturated/α-hetero) is 1. The summed E-state index contributed by atoms with van der Waals surface area (Å²) in [6.45, 7) is 1.81. The van der Waals surface area contributed by atoms with Crippen molar-refractivity contribution >= 4 is 29.0 Å². The average Bonchev–Trinajstić information content (AvgIpc) is 2.43. The number of carbonyl (C=O) groups excluding carboxylic acids is 1. The highest BCUT2D eigenvalue weighted by molar-refractivity contribution is 6.42. The number of hydrogen-bond donors (Lipinski definition) is 0. The Kier molecular flexibility index (Phi) is 4.46. The van der Waals surface area contributed by atoms with Crippen LogP contribution in [-0.4, -0.2) is 5.78 Å². The van der Waals surface area contributed by atoms with E-state index in [4.69, 9.17) is 27.9 Å². The van der Waals surface area contributed by atoms with Gasteiger partial charge in [-0.25, -0.2) is 0 Å². The summed E-state index contributed by atoms with van der Waals surface area (Å²) in [4.78, 5) is 11.8. The van der Waals surface area contributed by atoms with Gasteiger partial charge >= 0.3 is 0 Å². The van der Waals surface area contributed by atoms with Gasteiger partial charge in [0.25, 0.3) is 0 Å². The zero-order valence-electron chi connectivity index (χ0n) is 10.3. The van der Waals surface area contributed by atoms with Crippen LogP contribution in [0.25, 0.3) is 0 Å². The molecule has 0 N–H and O–H groups in total. The fourth-order valence-electron chi connectivity index (χ4n) is 1.66. The molecule has 2 aromatic carbocycles. The van der Waals surface area contributed by atoms with Crippen molar-refractivity contribution < 1.29 is 9.53 Å². The molecule has 0 spiro atoms. The Bertz CT molecular complexity index is 609. The predicted octanol–water partition coefficient (Wildman–Crippen LogP) is 5.38. The summed E-state index contributed by atoms with van der Waals surface area (Å²) in [5, 5.41) is 0.751. The highest BCUT2D eigenvalue weighted by atomic mass is 35.5. The SMILES string of the molecule is CCC(=O)c1ccccc1Oc1cccc(Cl)c1Cl. The van der Waals surface area contributed by atoms with Crippen LogP contribution >= 0.6 is 23.2 Å². The molecule has 0 atom stereocenters. The second-order valence-corrected chi connectivity index (χ2v) is 4.71. The smallest absolute Gasteiger partial charge is 0.166 e. The Hall–Kier alpha value is -1.51. The number of hydrogen-bond acceptors (Lipinski definition) is 2. The molecule has 0 radical (unpaired) electrons. The van der Waals surface area contributed by atoms with Crippen molar-refractivity contribution in [3.05, 3.63) is 58.1 Å². The van der Waals surface area contributed by atoms with Gasteiger partial charge in [0.05, 0.1) is 10.6 Å². The highest BCUT2D eigenvalue weighted by Crippen LogP contribution is 2.35. The van der Waals surface area contributed by atoms with E-state index in [1.165, 1.54) is 0 Å². The third-order valence-electron chi connectivity index (χ3n) is 2.64. The Morgan fingerprint density at radius 1 is 1.05 bits per heavy atom. The first-order chi connectivity index (χ1) is 9.13.